The topological polar surface area (TPSA) is 18.5 Å². The summed E-state index contributed by atoms with van der Waals surface area (Å²) in [5.41, 5.74) is 0.596. The Balaban J connectivity index is 1.14. The Labute approximate surface area is 267 Å². The molecule has 46 heavy (non-hydrogen) atoms. The lowest BCUT2D eigenvalue weighted by molar-refractivity contribution is 0.146. The van der Waals surface area contributed by atoms with Gasteiger partial charge in [-0.15, -0.1) is 0 Å². The summed E-state index contributed by atoms with van der Waals surface area (Å²) in [6.45, 7) is 4.04. The van der Waals surface area contributed by atoms with Crippen molar-refractivity contribution in [1.82, 2.24) is 0 Å². The Morgan fingerprint density at radius 2 is 1.28 bits per heavy atom. The first-order valence-corrected chi connectivity index (χ1v) is 16.2. The first-order chi connectivity index (χ1) is 22.2. The van der Waals surface area contributed by atoms with Crippen LogP contribution in [-0.4, -0.2) is 13.2 Å². The molecule has 1 saturated carbocycles. The van der Waals surface area contributed by atoms with Gasteiger partial charge in [0.25, 0.3) is 0 Å². The van der Waals surface area contributed by atoms with Crippen molar-refractivity contribution < 1.29 is 35.8 Å². The highest BCUT2D eigenvalue weighted by molar-refractivity contribution is 5.68. The number of hydrogen-bond donors (Lipinski definition) is 0. The minimum Gasteiger partial charge on any atom is -0.491 e. The number of rotatable bonds is 11. The number of allylic oxidation sites excluding steroid dienone is 4. The monoisotopic (exact) mass is 642 g/mol. The molecule has 1 fully saturated rings. The Bertz CT molecular complexity index is 1590. The first-order valence-electron chi connectivity index (χ1n) is 16.2. The molecule has 8 heteroatoms. The van der Waals surface area contributed by atoms with E-state index in [4.69, 9.17) is 9.47 Å². The predicted octanol–water partition coefficient (Wildman–Crippen LogP) is 11.2. The van der Waals surface area contributed by atoms with Gasteiger partial charge in [-0.1, -0.05) is 30.4 Å². The smallest absolute Gasteiger partial charge is 0.201 e. The van der Waals surface area contributed by atoms with E-state index in [0.29, 0.717) is 36.7 Å². The summed E-state index contributed by atoms with van der Waals surface area (Å²) in [7, 11) is 0. The van der Waals surface area contributed by atoms with Crippen molar-refractivity contribution in [1.29, 1.82) is 0 Å². The number of hydrogen-bond acceptors (Lipinski definition) is 2. The van der Waals surface area contributed by atoms with E-state index in [2.05, 4.69) is 0 Å². The van der Waals surface area contributed by atoms with Crippen LogP contribution in [0.1, 0.15) is 76.3 Å². The number of halogens is 6. The van der Waals surface area contributed by atoms with Crippen molar-refractivity contribution in [2.75, 3.05) is 13.2 Å². The molecule has 0 amide bonds. The van der Waals surface area contributed by atoms with E-state index in [1.807, 2.05) is 25.2 Å². The van der Waals surface area contributed by atoms with Crippen molar-refractivity contribution in [3.63, 3.8) is 0 Å². The van der Waals surface area contributed by atoms with Crippen LogP contribution < -0.4 is 9.47 Å². The van der Waals surface area contributed by atoms with Gasteiger partial charge in [-0.3, -0.25) is 0 Å². The molecule has 246 valence electrons. The van der Waals surface area contributed by atoms with Gasteiger partial charge in [0.1, 0.15) is 0 Å². The zero-order valence-electron chi connectivity index (χ0n) is 26.3. The first kappa shape index (κ1) is 33.7. The van der Waals surface area contributed by atoms with E-state index in [-0.39, 0.29) is 47.3 Å². The van der Waals surface area contributed by atoms with Gasteiger partial charge in [-0.2, -0.15) is 8.78 Å². The maximum absolute atomic E-state index is 15.1. The van der Waals surface area contributed by atoms with Crippen molar-refractivity contribution in [2.45, 2.75) is 71.6 Å². The highest BCUT2D eigenvalue weighted by Crippen LogP contribution is 2.42. The van der Waals surface area contributed by atoms with Crippen LogP contribution in [0.25, 0.3) is 16.7 Å². The van der Waals surface area contributed by atoms with Crippen LogP contribution in [0, 0.1) is 52.7 Å². The fraction of sp³-hybridized carbons (Fsp3) is 0.421. The second kappa shape index (κ2) is 15.3. The average Bonchev–Trinajstić information content (AvgIpc) is 3.07. The second-order valence-electron chi connectivity index (χ2n) is 12.3. The molecule has 2 aliphatic rings. The lowest BCUT2D eigenvalue weighted by Gasteiger charge is -2.35. The zero-order chi connectivity index (χ0) is 32.8. The van der Waals surface area contributed by atoms with Gasteiger partial charge in [0.2, 0.25) is 11.6 Å². The third kappa shape index (κ3) is 7.31. The van der Waals surface area contributed by atoms with Crippen LogP contribution in [0.5, 0.6) is 11.5 Å². The molecular weight excluding hydrogens is 602 g/mol. The Morgan fingerprint density at radius 3 is 1.91 bits per heavy atom. The fourth-order valence-corrected chi connectivity index (χ4v) is 6.86. The van der Waals surface area contributed by atoms with Gasteiger partial charge >= 0.3 is 0 Å². The fourth-order valence-electron chi connectivity index (χ4n) is 6.86. The zero-order valence-corrected chi connectivity index (χ0v) is 26.3. The molecule has 5 rings (SSSR count). The molecular formula is C38H40F6O2. The molecule has 0 spiro atoms. The molecule has 1 atom stereocenters. The molecule has 0 radical (unpaired) electrons. The summed E-state index contributed by atoms with van der Waals surface area (Å²) in [6, 6.07) is 8.24. The molecule has 3 aromatic rings. The normalized spacial score (nSPS) is 20.2. The summed E-state index contributed by atoms with van der Waals surface area (Å²) < 4.78 is 99.5. The largest absolute Gasteiger partial charge is 0.491 e. The molecule has 0 N–H and O–H groups in total. The third-order valence-electron chi connectivity index (χ3n) is 9.49. The molecule has 3 aromatic carbocycles. The van der Waals surface area contributed by atoms with E-state index in [1.165, 1.54) is 30.3 Å². The van der Waals surface area contributed by atoms with Gasteiger partial charge in [0.05, 0.1) is 13.2 Å². The lowest BCUT2D eigenvalue weighted by Crippen LogP contribution is -2.26. The molecule has 0 bridgehead atoms. The van der Waals surface area contributed by atoms with E-state index in [1.54, 1.807) is 13.0 Å². The van der Waals surface area contributed by atoms with Gasteiger partial charge in [-0.05, 0) is 125 Å². The Kier molecular flexibility index (Phi) is 11.2. The van der Waals surface area contributed by atoms with Crippen LogP contribution in [0.2, 0.25) is 0 Å². The number of ether oxygens (including phenoxy) is 2. The summed E-state index contributed by atoms with van der Waals surface area (Å²) in [4.78, 5) is 0. The van der Waals surface area contributed by atoms with Crippen molar-refractivity contribution in [3.05, 3.63) is 101 Å². The molecule has 0 saturated heterocycles. The summed E-state index contributed by atoms with van der Waals surface area (Å²) in [5.74, 6) is -5.79. The molecule has 0 aliphatic heterocycles. The predicted molar refractivity (Wildman–Crippen MR) is 169 cm³/mol. The molecule has 0 aromatic heterocycles. The van der Waals surface area contributed by atoms with Crippen LogP contribution >= 0.6 is 0 Å². The summed E-state index contributed by atoms with van der Waals surface area (Å²) >= 11 is 0. The van der Waals surface area contributed by atoms with E-state index >= 15 is 4.39 Å². The quantitative estimate of drug-likeness (QED) is 0.153. The average molecular weight is 643 g/mol. The van der Waals surface area contributed by atoms with E-state index in [0.717, 1.165) is 44.1 Å². The summed E-state index contributed by atoms with van der Waals surface area (Å²) in [6.07, 6.45) is 12.6. The van der Waals surface area contributed by atoms with Crippen LogP contribution in [0.15, 0.2) is 54.6 Å². The number of benzene rings is 3. The van der Waals surface area contributed by atoms with Gasteiger partial charge in [0, 0.05) is 16.7 Å². The minimum absolute atomic E-state index is 0.0762. The maximum atomic E-state index is 15.1. The Hall–Kier alpha value is -3.68. The third-order valence-corrected chi connectivity index (χ3v) is 9.49. The number of aryl methyl sites for hydroxylation is 1. The standard InChI is InChI=1S/C38H40F6O2/c1-3-5-6-7-27-16-17-29(35(41)33(27)39)30-19-21-32(38(44)36(30)42)46-22-23-8-10-24(11-9-23)25-12-14-26(15-13-25)28-18-20-31(45-4-2)37(43)34(28)40/h3,5,14,16-21,23-25H,4,6-13,15,22H2,1-2H3/b5-3+. The van der Waals surface area contributed by atoms with Crippen molar-refractivity contribution in [2.24, 2.45) is 17.8 Å². The molecule has 0 heterocycles. The van der Waals surface area contributed by atoms with Gasteiger partial charge in [0.15, 0.2) is 34.8 Å². The highest BCUT2D eigenvalue weighted by atomic mass is 19.2. The highest BCUT2D eigenvalue weighted by Gasteiger charge is 2.30. The molecule has 2 nitrogen and oxygen atoms in total. The molecule has 1 unspecified atom stereocenters. The SMILES string of the molecule is C/C=C/CCc1ccc(-c2ccc(OCC3CCC(C4CC=C(c5ccc(OCC)c(F)c5F)CC4)CC3)c(F)c2F)c(F)c1F. The van der Waals surface area contributed by atoms with Crippen LogP contribution in [0.4, 0.5) is 26.3 Å². The van der Waals surface area contributed by atoms with Crippen molar-refractivity contribution >= 4 is 5.57 Å². The maximum Gasteiger partial charge on any atom is 0.201 e. The minimum atomic E-state index is -1.28. The second-order valence-corrected chi connectivity index (χ2v) is 12.3. The van der Waals surface area contributed by atoms with Crippen LogP contribution in [0.3, 0.4) is 0 Å². The Morgan fingerprint density at radius 1 is 0.674 bits per heavy atom. The summed E-state index contributed by atoms with van der Waals surface area (Å²) in [5, 5.41) is 0. The van der Waals surface area contributed by atoms with E-state index in [9.17, 15) is 22.0 Å². The van der Waals surface area contributed by atoms with Crippen LogP contribution in [-0.2, 0) is 6.42 Å². The van der Waals surface area contributed by atoms with Crippen molar-refractivity contribution in [3.8, 4) is 22.6 Å². The van der Waals surface area contributed by atoms with Gasteiger partial charge in [-0.25, -0.2) is 17.6 Å². The van der Waals surface area contributed by atoms with E-state index < -0.39 is 34.9 Å². The van der Waals surface area contributed by atoms with Gasteiger partial charge < -0.3 is 9.47 Å². The molecule has 2 aliphatic carbocycles. The lowest BCUT2D eigenvalue weighted by atomic mass is 9.71.